The molecule has 0 bridgehead atoms. The van der Waals surface area contributed by atoms with E-state index in [1.54, 1.807) is 30.0 Å². The summed E-state index contributed by atoms with van der Waals surface area (Å²) < 4.78 is 14.5. The first-order valence-electron chi connectivity index (χ1n) is 11.8. The van der Waals surface area contributed by atoms with Crippen molar-refractivity contribution in [3.8, 4) is 17.1 Å². The van der Waals surface area contributed by atoms with Crippen molar-refractivity contribution in [3.05, 3.63) is 50.5 Å². The summed E-state index contributed by atoms with van der Waals surface area (Å²) in [4.78, 5) is 26.6. The number of ether oxygens (including phenoxy) is 1. The molecule has 5 rings (SSSR count). The Morgan fingerprint density at radius 1 is 1.21 bits per heavy atom. The van der Waals surface area contributed by atoms with Crippen LogP contribution in [-0.4, -0.2) is 27.5 Å². The molecule has 0 saturated heterocycles. The van der Waals surface area contributed by atoms with Gasteiger partial charge in [-0.3, -0.25) is 14.3 Å². The van der Waals surface area contributed by atoms with E-state index in [4.69, 9.17) is 20.9 Å². The highest BCUT2D eigenvalue weighted by molar-refractivity contribution is 6.33. The van der Waals surface area contributed by atoms with Crippen molar-refractivity contribution in [1.29, 1.82) is 0 Å². The van der Waals surface area contributed by atoms with Gasteiger partial charge in [0.1, 0.15) is 11.4 Å². The maximum Gasteiger partial charge on any atom is 0.291 e. The Bertz CT molecular complexity index is 1290. The third-order valence-corrected chi connectivity index (χ3v) is 7.41. The average Bonchev–Trinajstić information content (AvgIpc) is 3.55. The fourth-order valence-corrected chi connectivity index (χ4v) is 5.25. The molecule has 0 aliphatic heterocycles. The monoisotopic (exact) mass is 484 g/mol. The second-order valence-corrected chi connectivity index (χ2v) is 9.68. The normalized spacial score (nSPS) is 16.6. The lowest BCUT2D eigenvalue weighted by molar-refractivity contribution is 0.101. The fourth-order valence-electron chi connectivity index (χ4n) is 4.99. The van der Waals surface area contributed by atoms with Gasteiger partial charge in [-0.1, -0.05) is 36.0 Å². The molecule has 0 spiro atoms. The second-order valence-electron chi connectivity index (χ2n) is 9.27. The van der Waals surface area contributed by atoms with E-state index in [1.165, 1.54) is 6.42 Å². The molecule has 2 aliphatic rings. The highest BCUT2D eigenvalue weighted by Gasteiger charge is 2.36. The summed E-state index contributed by atoms with van der Waals surface area (Å²) in [6.45, 7) is 1.85. The summed E-state index contributed by atoms with van der Waals surface area (Å²) in [5.41, 5.74) is 2.45. The third-order valence-electron chi connectivity index (χ3n) is 7.10. The van der Waals surface area contributed by atoms with E-state index in [0.717, 1.165) is 49.8 Å². The summed E-state index contributed by atoms with van der Waals surface area (Å²) in [5, 5.41) is 7.42. The summed E-state index contributed by atoms with van der Waals surface area (Å²) in [5.74, 6) is 0.858. The standard InChI is InChI=1S/C25H29ClN4O4/c1-14-21(25(32)30(29(14)2)16-7-5-4-6-8-16)27-24(31)22-20(15-9-10-15)23(34-28-22)18-12-11-17(33-3)13-19(18)26/h11-13,15-16H,4-10H2,1-3H3,(H,27,31). The summed E-state index contributed by atoms with van der Waals surface area (Å²) >= 11 is 6.48. The number of amides is 1. The van der Waals surface area contributed by atoms with Crippen molar-refractivity contribution in [2.75, 3.05) is 12.4 Å². The summed E-state index contributed by atoms with van der Waals surface area (Å²) in [6, 6.07) is 5.46. The zero-order valence-electron chi connectivity index (χ0n) is 19.7. The number of methoxy groups -OCH3 is 1. The number of nitrogens with one attached hydrogen (secondary N) is 1. The van der Waals surface area contributed by atoms with Gasteiger partial charge in [-0.15, -0.1) is 0 Å². The van der Waals surface area contributed by atoms with E-state index in [9.17, 15) is 9.59 Å². The minimum Gasteiger partial charge on any atom is -0.497 e. The molecule has 2 aromatic heterocycles. The number of benzene rings is 1. The molecule has 2 aliphatic carbocycles. The fraction of sp³-hybridized carbons (Fsp3) is 0.480. The van der Waals surface area contributed by atoms with E-state index < -0.39 is 5.91 Å². The number of hydrogen-bond acceptors (Lipinski definition) is 5. The molecule has 8 nitrogen and oxygen atoms in total. The van der Waals surface area contributed by atoms with Crippen molar-refractivity contribution in [2.24, 2.45) is 7.05 Å². The first-order valence-corrected chi connectivity index (χ1v) is 12.2. The maximum absolute atomic E-state index is 13.4. The van der Waals surface area contributed by atoms with Crippen molar-refractivity contribution < 1.29 is 14.1 Å². The molecule has 2 fully saturated rings. The SMILES string of the molecule is COc1ccc(-c2onc(C(=O)Nc3c(C)n(C)n(C4CCCCC4)c3=O)c2C2CC2)c(Cl)c1. The minimum absolute atomic E-state index is 0.161. The Labute approximate surface area is 202 Å². The number of hydrogen-bond donors (Lipinski definition) is 1. The van der Waals surface area contributed by atoms with Gasteiger partial charge in [-0.05, 0) is 56.7 Å². The first kappa shape index (κ1) is 22.8. The van der Waals surface area contributed by atoms with Gasteiger partial charge < -0.3 is 14.6 Å². The smallest absolute Gasteiger partial charge is 0.291 e. The molecule has 0 atom stereocenters. The van der Waals surface area contributed by atoms with Gasteiger partial charge in [0, 0.05) is 18.2 Å². The van der Waals surface area contributed by atoms with Crippen LogP contribution in [0.4, 0.5) is 5.69 Å². The Balaban J connectivity index is 1.48. The molecule has 1 aromatic carbocycles. The topological polar surface area (TPSA) is 91.3 Å². The lowest BCUT2D eigenvalue weighted by Crippen LogP contribution is -2.29. The zero-order valence-corrected chi connectivity index (χ0v) is 20.4. The molecular weight excluding hydrogens is 456 g/mol. The predicted octanol–water partition coefficient (Wildman–Crippen LogP) is 5.45. The highest BCUT2D eigenvalue weighted by atomic mass is 35.5. The molecule has 180 valence electrons. The molecule has 2 heterocycles. The van der Waals surface area contributed by atoms with Gasteiger partial charge in [0.2, 0.25) is 0 Å². The Kier molecular flexibility index (Phi) is 6.02. The molecule has 0 radical (unpaired) electrons. The number of nitrogens with zero attached hydrogens (tertiary/aromatic N) is 3. The van der Waals surface area contributed by atoms with Crippen LogP contribution in [0.25, 0.3) is 11.3 Å². The molecule has 1 amide bonds. The lowest BCUT2D eigenvalue weighted by atomic mass is 9.96. The number of halogens is 1. The predicted molar refractivity (Wildman–Crippen MR) is 130 cm³/mol. The van der Waals surface area contributed by atoms with Crippen molar-refractivity contribution >= 4 is 23.2 Å². The van der Waals surface area contributed by atoms with Crippen LogP contribution in [0.3, 0.4) is 0 Å². The number of carbonyl (C=O) groups excluding carboxylic acids is 1. The van der Waals surface area contributed by atoms with Crippen molar-refractivity contribution in [2.45, 2.75) is 63.8 Å². The summed E-state index contributed by atoms with van der Waals surface area (Å²) in [6.07, 6.45) is 7.28. The van der Waals surface area contributed by atoms with Crippen molar-refractivity contribution in [1.82, 2.24) is 14.5 Å². The minimum atomic E-state index is -0.442. The largest absolute Gasteiger partial charge is 0.497 e. The molecule has 9 heteroatoms. The summed E-state index contributed by atoms with van der Waals surface area (Å²) in [7, 11) is 3.45. The molecule has 2 saturated carbocycles. The van der Waals surface area contributed by atoms with Crippen LogP contribution in [0.15, 0.2) is 27.5 Å². The number of carbonyl (C=O) groups is 1. The van der Waals surface area contributed by atoms with Crippen LogP contribution in [0.2, 0.25) is 5.02 Å². The van der Waals surface area contributed by atoms with Gasteiger partial charge in [-0.2, -0.15) is 0 Å². The van der Waals surface area contributed by atoms with E-state index in [-0.39, 0.29) is 23.2 Å². The van der Waals surface area contributed by atoms with Gasteiger partial charge in [0.25, 0.3) is 11.5 Å². The lowest BCUT2D eigenvalue weighted by Gasteiger charge is -2.24. The van der Waals surface area contributed by atoms with Crippen LogP contribution in [0.1, 0.15) is 78.7 Å². The van der Waals surface area contributed by atoms with Crippen LogP contribution in [0, 0.1) is 6.92 Å². The number of rotatable bonds is 6. The van der Waals surface area contributed by atoms with Crippen LogP contribution in [-0.2, 0) is 7.05 Å². The van der Waals surface area contributed by atoms with Crippen LogP contribution >= 0.6 is 11.6 Å². The second kappa shape index (κ2) is 8.98. The van der Waals surface area contributed by atoms with Gasteiger partial charge in [0.15, 0.2) is 11.5 Å². The van der Waals surface area contributed by atoms with E-state index >= 15 is 0 Å². The average molecular weight is 485 g/mol. The highest BCUT2D eigenvalue weighted by Crippen LogP contribution is 2.47. The van der Waals surface area contributed by atoms with Gasteiger partial charge in [-0.25, -0.2) is 4.68 Å². The van der Waals surface area contributed by atoms with E-state index in [1.807, 2.05) is 18.7 Å². The molecular formula is C25H29ClN4O4. The van der Waals surface area contributed by atoms with E-state index in [0.29, 0.717) is 27.8 Å². The van der Waals surface area contributed by atoms with Crippen LogP contribution < -0.4 is 15.6 Å². The first-order chi connectivity index (χ1) is 16.4. The van der Waals surface area contributed by atoms with E-state index in [2.05, 4.69) is 10.5 Å². The molecule has 1 N–H and O–H groups in total. The Morgan fingerprint density at radius 2 is 1.94 bits per heavy atom. The third kappa shape index (κ3) is 3.94. The van der Waals surface area contributed by atoms with Gasteiger partial charge >= 0.3 is 0 Å². The Morgan fingerprint density at radius 3 is 2.59 bits per heavy atom. The number of anilines is 1. The quantitative estimate of drug-likeness (QED) is 0.502. The van der Waals surface area contributed by atoms with Gasteiger partial charge in [0.05, 0.1) is 23.9 Å². The molecule has 3 aromatic rings. The maximum atomic E-state index is 13.4. The molecule has 0 unspecified atom stereocenters. The molecule has 34 heavy (non-hydrogen) atoms. The Hall–Kier alpha value is -3.00. The van der Waals surface area contributed by atoms with Crippen molar-refractivity contribution in [3.63, 3.8) is 0 Å². The zero-order chi connectivity index (χ0) is 24.0. The van der Waals surface area contributed by atoms with Crippen LogP contribution in [0.5, 0.6) is 5.75 Å². The number of aromatic nitrogens is 3.